The smallest absolute Gasteiger partial charge is 0.274 e. The number of fused-ring (bicyclic) bond motifs is 1. The number of amides is 1. The van der Waals surface area contributed by atoms with Gasteiger partial charge in [0.05, 0.1) is 12.8 Å². The van der Waals surface area contributed by atoms with Gasteiger partial charge in [0.25, 0.3) is 5.91 Å². The minimum atomic E-state index is -0.158. The molecular formula is C21H24N4O2. The van der Waals surface area contributed by atoms with E-state index in [1.807, 2.05) is 34.7 Å². The standard InChI is InChI=1S/C21H24N4O2/c1-4-16-11-18(15-6-5-7-17(10-15)27-3)24-20-19(22-12-25(16)20)21(26)23-13(2)14-8-9-14/h5-7,10-14H,4,8-9H2,1-3H3,(H,23,26). The first kappa shape index (κ1) is 17.5. The van der Waals surface area contributed by atoms with Crippen molar-refractivity contribution in [2.24, 2.45) is 5.92 Å². The first-order valence-corrected chi connectivity index (χ1v) is 9.43. The normalized spacial score (nSPS) is 14.9. The second-order valence-electron chi connectivity index (χ2n) is 7.10. The van der Waals surface area contributed by atoms with Crippen molar-refractivity contribution in [3.8, 4) is 17.0 Å². The Hall–Kier alpha value is -2.89. The Morgan fingerprint density at radius 3 is 2.89 bits per heavy atom. The van der Waals surface area contributed by atoms with Gasteiger partial charge in [0.2, 0.25) is 0 Å². The van der Waals surface area contributed by atoms with E-state index in [0.717, 1.165) is 29.1 Å². The largest absolute Gasteiger partial charge is 0.497 e. The molecule has 0 saturated heterocycles. The lowest BCUT2D eigenvalue weighted by molar-refractivity contribution is 0.0933. The van der Waals surface area contributed by atoms with Crippen LogP contribution in [-0.2, 0) is 6.42 Å². The highest BCUT2D eigenvalue weighted by molar-refractivity contribution is 5.98. The number of rotatable bonds is 6. The maximum Gasteiger partial charge on any atom is 0.274 e. The topological polar surface area (TPSA) is 68.5 Å². The maximum absolute atomic E-state index is 12.8. The number of hydrogen-bond donors (Lipinski definition) is 1. The third-order valence-electron chi connectivity index (χ3n) is 5.21. The van der Waals surface area contributed by atoms with E-state index in [1.54, 1.807) is 13.4 Å². The zero-order valence-electron chi connectivity index (χ0n) is 15.9. The Balaban J connectivity index is 1.76. The Labute approximate surface area is 158 Å². The lowest BCUT2D eigenvalue weighted by Crippen LogP contribution is -2.34. The Kier molecular flexibility index (Phi) is 4.56. The number of hydrogen-bond acceptors (Lipinski definition) is 4. The van der Waals surface area contributed by atoms with Crippen LogP contribution in [0.2, 0.25) is 0 Å². The predicted octanol–water partition coefficient (Wildman–Crippen LogP) is 3.50. The van der Waals surface area contributed by atoms with Gasteiger partial charge in [-0.25, -0.2) is 9.97 Å². The minimum absolute atomic E-state index is 0.158. The molecule has 0 spiro atoms. The van der Waals surface area contributed by atoms with Crippen molar-refractivity contribution in [3.05, 3.63) is 48.0 Å². The van der Waals surface area contributed by atoms with Crippen molar-refractivity contribution in [1.82, 2.24) is 19.7 Å². The molecule has 1 fully saturated rings. The summed E-state index contributed by atoms with van der Waals surface area (Å²) in [6.07, 6.45) is 4.87. The summed E-state index contributed by atoms with van der Waals surface area (Å²) in [5, 5.41) is 3.08. The van der Waals surface area contributed by atoms with Crippen LogP contribution < -0.4 is 10.1 Å². The Morgan fingerprint density at radius 1 is 1.37 bits per heavy atom. The molecule has 1 saturated carbocycles. The molecule has 0 radical (unpaired) electrons. The van der Waals surface area contributed by atoms with Gasteiger partial charge in [-0.3, -0.25) is 9.20 Å². The zero-order chi connectivity index (χ0) is 19.0. The molecule has 1 aromatic carbocycles. The predicted molar refractivity (Wildman–Crippen MR) is 104 cm³/mol. The van der Waals surface area contributed by atoms with Crippen LogP contribution in [0.4, 0.5) is 0 Å². The molecule has 1 N–H and O–H groups in total. The van der Waals surface area contributed by atoms with Gasteiger partial charge in [0, 0.05) is 17.3 Å². The van der Waals surface area contributed by atoms with E-state index in [9.17, 15) is 4.79 Å². The quantitative estimate of drug-likeness (QED) is 0.727. The fourth-order valence-corrected chi connectivity index (χ4v) is 3.38. The van der Waals surface area contributed by atoms with E-state index in [0.29, 0.717) is 17.3 Å². The number of carbonyl (C=O) groups excluding carboxylic acids is 1. The van der Waals surface area contributed by atoms with Crippen LogP contribution in [0.15, 0.2) is 36.7 Å². The summed E-state index contributed by atoms with van der Waals surface area (Å²) in [5.41, 5.74) is 3.78. The van der Waals surface area contributed by atoms with Gasteiger partial charge in [-0.2, -0.15) is 0 Å². The van der Waals surface area contributed by atoms with Gasteiger partial charge in [0.15, 0.2) is 11.3 Å². The fourth-order valence-electron chi connectivity index (χ4n) is 3.38. The van der Waals surface area contributed by atoms with Gasteiger partial charge in [-0.1, -0.05) is 19.1 Å². The number of imidazole rings is 1. The third kappa shape index (κ3) is 3.39. The van der Waals surface area contributed by atoms with Crippen molar-refractivity contribution in [2.45, 2.75) is 39.2 Å². The molecule has 6 nitrogen and oxygen atoms in total. The molecule has 6 heteroatoms. The van der Waals surface area contributed by atoms with Crippen molar-refractivity contribution in [1.29, 1.82) is 0 Å². The van der Waals surface area contributed by atoms with Crippen LogP contribution in [0.1, 0.15) is 42.9 Å². The van der Waals surface area contributed by atoms with Crippen molar-refractivity contribution in [3.63, 3.8) is 0 Å². The van der Waals surface area contributed by atoms with E-state index >= 15 is 0 Å². The highest BCUT2D eigenvalue weighted by Crippen LogP contribution is 2.32. The second kappa shape index (κ2) is 7.02. The van der Waals surface area contributed by atoms with Crippen molar-refractivity contribution < 1.29 is 9.53 Å². The molecule has 1 aliphatic rings. The summed E-state index contributed by atoms with van der Waals surface area (Å²) in [5.74, 6) is 1.21. The van der Waals surface area contributed by atoms with E-state index in [4.69, 9.17) is 9.72 Å². The summed E-state index contributed by atoms with van der Waals surface area (Å²) in [6, 6.07) is 9.99. The molecule has 1 atom stereocenters. The molecule has 1 amide bonds. The number of benzene rings is 1. The SMILES string of the molecule is CCc1cc(-c2cccc(OC)c2)nc2c(C(=O)NC(C)C3CC3)ncn12. The number of carbonyl (C=O) groups is 1. The summed E-state index contributed by atoms with van der Waals surface area (Å²) in [7, 11) is 1.65. The van der Waals surface area contributed by atoms with Crippen LogP contribution in [0.5, 0.6) is 5.75 Å². The monoisotopic (exact) mass is 364 g/mol. The molecule has 1 aliphatic carbocycles. The van der Waals surface area contributed by atoms with Gasteiger partial charge in [-0.05, 0) is 50.3 Å². The number of nitrogens with zero attached hydrogens (tertiary/aromatic N) is 3. The average molecular weight is 364 g/mol. The van der Waals surface area contributed by atoms with Gasteiger partial charge >= 0.3 is 0 Å². The van der Waals surface area contributed by atoms with Crippen molar-refractivity contribution >= 4 is 11.6 Å². The summed E-state index contributed by atoms with van der Waals surface area (Å²) in [6.45, 7) is 4.14. The van der Waals surface area contributed by atoms with Crippen LogP contribution in [0.3, 0.4) is 0 Å². The second-order valence-corrected chi connectivity index (χ2v) is 7.10. The lowest BCUT2D eigenvalue weighted by atomic mass is 10.1. The first-order valence-electron chi connectivity index (χ1n) is 9.43. The van der Waals surface area contributed by atoms with E-state index in [-0.39, 0.29) is 11.9 Å². The summed E-state index contributed by atoms with van der Waals surface area (Å²) in [4.78, 5) is 21.9. The number of aromatic nitrogens is 3. The van der Waals surface area contributed by atoms with E-state index < -0.39 is 0 Å². The van der Waals surface area contributed by atoms with Crippen LogP contribution >= 0.6 is 0 Å². The minimum Gasteiger partial charge on any atom is -0.497 e. The molecule has 1 unspecified atom stereocenters. The maximum atomic E-state index is 12.8. The number of nitrogens with one attached hydrogen (secondary N) is 1. The van der Waals surface area contributed by atoms with Crippen LogP contribution in [0.25, 0.3) is 16.9 Å². The van der Waals surface area contributed by atoms with E-state index in [1.165, 1.54) is 12.8 Å². The Bertz CT molecular complexity index is 991. The van der Waals surface area contributed by atoms with Crippen LogP contribution in [0, 0.1) is 5.92 Å². The number of aryl methyl sites for hydroxylation is 1. The highest BCUT2D eigenvalue weighted by atomic mass is 16.5. The fraction of sp³-hybridized carbons (Fsp3) is 0.381. The first-order chi connectivity index (χ1) is 13.1. The molecule has 140 valence electrons. The molecule has 0 aliphatic heterocycles. The highest BCUT2D eigenvalue weighted by Gasteiger charge is 2.30. The molecule has 27 heavy (non-hydrogen) atoms. The number of methoxy groups -OCH3 is 1. The van der Waals surface area contributed by atoms with E-state index in [2.05, 4.69) is 24.1 Å². The molecule has 2 aromatic heterocycles. The summed E-state index contributed by atoms with van der Waals surface area (Å²) < 4.78 is 7.23. The van der Waals surface area contributed by atoms with Gasteiger partial charge in [0.1, 0.15) is 12.1 Å². The zero-order valence-corrected chi connectivity index (χ0v) is 15.9. The Morgan fingerprint density at radius 2 is 2.19 bits per heavy atom. The molecule has 3 aromatic rings. The van der Waals surface area contributed by atoms with Gasteiger partial charge in [-0.15, -0.1) is 0 Å². The molecular weight excluding hydrogens is 340 g/mol. The molecule has 2 heterocycles. The summed E-state index contributed by atoms with van der Waals surface area (Å²) >= 11 is 0. The van der Waals surface area contributed by atoms with Crippen LogP contribution in [-0.4, -0.2) is 33.4 Å². The van der Waals surface area contributed by atoms with Gasteiger partial charge < -0.3 is 10.1 Å². The van der Waals surface area contributed by atoms with Crippen molar-refractivity contribution in [2.75, 3.05) is 7.11 Å². The third-order valence-corrected chi connectivity index (χ3v) is 5.21. The molecule has 4 rings (SSSR count). The average Bonchev–Trinajstić information content (AvgIpc) is 3.46. The lowest BCUT2D eigenvalue weighted by Gasteiger charge is -2.12. The number of ether oxygens (including phenoxy) is 1. The molecule has 0 bridgehead atoms.